The van der Waals surface area contributed by atoms with Crippen LogP contribution in [0, 0.1) is 5.82 Å². The van der Waals surface area contributed by atoms with E-state index in [4.69, 9.17) is 9.47 Å². The SMILES string of the molecule is COc1cc(OC)cc(C(=O)Nc2ccc3c(c2)N(S(=O)(=O)c2ccc(F)cc2)CCC3)c1. The number of benzene rings is 3. The molecular weight excluding hydrogens is 447 g/mol. The van der Waals surface area contributed by atoms with Crippen LogP contribution in [0.4, 0.5) is 15.8 Å². The van der Waals surface area contributed by atoms with Gasteiger partial charge in [0.1, 0.15) is 17.3 Å². The molecule has 0 spiro atoms. The Bertz CT molecular complexity index is 1270. The molecular formula is C24H23FN2O5S. The molecule has 3 aromatic rings. The van der Waals surface area contributed by atoms with Gasteiger partial charge in [0.15, 0.2) is 0 Å². The van der Waals surface area contributed by atoms with E-state index in [0.29, 0.717) is 41.3 Å². The second-order valence-corrected chi connectivity index (χ2v) is 9.40. The highest BCUT2D eigenvalue weighted by Crippen LogP contribution is 2.34. The smallest absolute Gasteiger partial charge is 0.264 e. The van der Waals surface area contributed by atoms with Crippen molar-refractivity contribution in [2.24, 2.45) is 0 Å². The van der Waals surface area contributed by atoms with E-state index in [9.17, 15) is 17.6 Å². The van der Waals surface area contributed by atoms with E-state index in [2.05, 4.69) is 5.32 Å². The Morgan fingerprint density at radius 1 is 0.970 bits per heavy atom. The minimum absolute atomic E-state index is 0.00895. The first-order valence-corrected chi connectivity index (χ1v) is 11.7. The number of aryl methyl sites for hydroxylation is 1. The molecule has 0 saturated heterocycles. The lowest BCUT2D eigenvalue weighted by Crippen LogP contribution is -2.35. The van der Waals surface area contributed by atoms with Crippen molar-refractivity contribution in [3.63, 3.8) is 0 Å². The lowest BCUT2D eigenvalue weighted by atomic mass is 10.0. The van der Waals surface area contributed by atoms with Crippen molar-refractivity contribution in [2.75, 3.05) is 30.4 Å². The van der Waals surface area contributed by atoms with Gasteiger partial charge in [0.2, 0.25) is 0 Å². The van der Waals surface area contributed by atoms with Gasteiger partial charge in [-0.3, -0.25) is 9.10 Å². The Kier molecular flexibility index (Phi) is 6.24. The van der Waals surface area contributed by atoms with Crippen molar-refractivity contribution in [3.05, 3.63) is 77.6 Å². The van der Waals surface area contributed by atoms with Crippen LogP contribution in [0.1, 0.15) is 22.3 Å². The van der Waals surface area contributed by atoms with Crippen LogP contribution in [0.2, 0.25) is 0 Å². The van der Waals surface area contributed by atoms with Gasteiger partial charge in [-0.1, -0.05) is 6.07 Å². The number of amides is 1. The summed E-state index contributed by atoms with van der Waals surface area (Å²) in [7, 11) is -0.894. The third kappa shape index (κ3) is 4.63. The Hall–Kier alpha value is -3.59. The number of nitrogens with zero attached hydrogens (tertiary/aromatic N) is 1. The van der Waals surface area contributed by atoms with E-state index >= 15 is 0 Å². The predicted molar refractivity (Wildman–Crippen MR) is 123 cm³/mol. The molecule has 0 unspecified atom stereocenters. The fourth-order valence-corrected chi connectivity index (χ4v) is 5.28. The molecule has 1 N–H and O–H groups in total. The molecule has 7 nitrogen and oxygen atoms in total. The van der Waals surface area contributed by atoms with Crippen LogP contribution >= 0.6 is 0 Å². The molecule has 1 aliphatic heterocycles. The lowest BCUT2D eigenvalue weighted by molar-refractivity contribution is 0.102. The van der Waals surface area contributed by atoms with Crippen LogP contribution in [0.15, 0.2) is 65.6 Å². The monoisotopic (exact) mass is 470 g/mol. The fourth-order valence-electron chi connectivity index (χ4n) is 3.74. The Morgan fingerprint density at radius 2 is 1.64 bits per heavy atom. The largest absolute Gasteiger partial charge is 0.497 e. The van der Waals surface area contributed by atoms with Gasteiger partial charge in [0, 0.05) is 23.9 Å². The summed E-state index contributed by atoms with van der Waals surface area (Å²) < 4.78 is 51.5. The Labute approximate surface area is 191 Å². The number of carbonyl (C=O) groups is 1. The summed E-state index contributed by atoms with van der Waals surface area (Å²) in [6.45, 7) is 0.289. The first-order chi connectivity index (χ1) is 15.8. The standard InChI is InChI=1S/C24H23FN2O5S/c1-31-20-12-17(13-21(15-20)32-2)24(28)26-19-8-5-16-4-3-11-27(23(16)14-19)33(29,30)22-9-6-18(25)7-10-22/h5-10,12-15H,3-4,11H2,1-2H3,(H,26,28). The number of methoxy groups -OCH3 is 2. The van der Waals surface area contributed by atoms with Crippen molar-refractivity contribution < 1.29 is 27.1 Å². The highest BCUT2D eigenvalue weighted by atomic mass is 32.2. The van der Waals surface area contributed by atoms with E-state index in [1.807, 2.05) is 6.07 Å². The number of ether oxygens (including phenoxy) is 2. The van der Waals surface area contributed by atoms with Crippen LogP contribution in [0.25, 0.3) is 0 Å². The summed E-state index contributed by atoms with van der Waals surface area (Å²) in [6, 6.07) is 14.8. The number of carbonyl (C=O) groups excluding carboxylic acids is 1. The average molecular weight is 471 g/mol. The molecule has 0 aromatic heterocycles. The molecule has 1 amide bonds. The van der Waals surface area contributed by atoms with E-state index in [0.717, 1.165) is 17.7 Å². The normalized spacial score (nSPS) is 13.2. The minimum atomic E-state index is -3.89. The number of sulfonamides is 1. The molecule has 9 heteroatoms. The topological polar surface area (TPSA) is 84.9 Å². The number of rotatable bonds is 6. The number of nitrogens with one attached hydrogen (secondary N) is 1. The summed E-state index contributed by atoms with van der Waals surface area (Å²) in [5.74, 6) is 0.0473. The molecule has 172 valence electrons. The highest BCUT2D eigenvalue weighted by molar-refractivity contribution is 7.92. The minimum Gasteiger partial charge on any atom is -0.497 e. The van der Waals surface area contributed by atoms with E-state index < -0.39 is 21.7 Å². The van der Waals surface area contributed by atoms with Gasteiger partial charge >= 0.3 is 0 Å². The maximum atomic E-state index is 13.3. The molecule has 0 bridgehead atoms. The van der Waals surface area contributed by atoms with Gasteiger partial charge in [0.05, 0.1) is 24.8 Å². The molecule has 0 atom stereocenters. The van der Waals surface area contributed by atoms with Crippen LogP contribution in [-0.4, -0.2) is 35.1 Å². The zero-order valence-electron chi connectivity index (χ0n) is 18.2. The molecule has 0 fully saturated rings. The van der Waals surface area contributed by atoms with Crippen LogP contribution in [-0.2, 0) is 16.4 Å². The van der Waals surface area contributed by atoms with Gasteiger partial charge < -0.3 is 14.8 Å². The Balaban J connectivity index is 1.65. The van der Waals surface area contributed by atoms with Crippen molar-refractivity contribution in [2.45, 2.75) is 17.7 Å². The number of halogens is 1. The summed E-state index contributed by atoms with van der Waals surface area (Å²) in [6.07, 6.45) is 1.37. The van der Waals surface area contributed by atoms with Gasteiger partial charge in [-0.05, 0) is 66.9 Å². The molecule has 33 heavy (non-hydrogen) atoms. The molecule has 1 heterocycles. The summed E-state index contributed by atoms with van der Waals surface area (Å²) >= 11 is 0. The third-order valence-corrected chi connectivity index (χ3v) is 7.26. The predicted octanol–water partition coefficient (Wildman–Crippen LogP) is 4.24. The van der Waals surface area contributed by atoms with Gasteiger partial charge in [-0.15, -0.1) is 0 Å². The van der Waals surface area contributed by atoms with E-state index in [1.54, 1.807) is 30.3 Å². The second kappa shape index (κ2) is 9.11. The van der Waals surface area contributed by atoms with Crippen molar-refractivity contribution in [1.29, 1.82) is 0 Å². The summed E-state index contributed by atoms with van der Waals surface area (Å²) in [5, 5.41) is 2.81. The van der Waals surface area contributed by atoms with E-state index in [-0.39, 0.29) is 11.4 Å². The quantitative estimate of drug-likeness (QED) is 0.583. The first-order valence-electron chi connectivity index (χ1n) is 10.3. The van der Waals surface area contributed by atoms with E-state index in [1.165, 1.54) is 30.7 Å². The number of hydrogen-bond acceptors (Lipinski definition) is 5. The van der Waals surface area contributed by atoms with Crippen molar-refractivity contribution in [1.82, 2.24) is 0 Å². The lowest BCUT2D eigenvalue weighted by Gasteiger charge is -2.31. The molecule has 3 aromatic carbocycles. The van der Waals surface area contributed by atoms with Crippen LogP contribution in [0.3, 0.4) is 0 Å². The van der Waals surface area contributed by atoms with Crippen LogP contribution < -0.4 is 19.1 Å². The number of fused-ring (bicyclic) bond motifs is 1. The Morgan fingerprint density at radius 3 is 2.27 bits per heavy atom. The molecule has 0 saturated carbocycles. The zero-order valence-corrected chi connectivity index (χ0v) is 19.0. The molecule has 0 aliphatic carbocycles. The molecule has 1 aliphatic rings. The second-order valence-electron chi connectivity index (χ2n) is 7.53. The highest BCUT2D eigenvalue weighted by Gasteiger charge is 2.29. The molecule has 4 rings (SSSR count). The summed E-state index contributed by atoms with van der Waals surface area (Å²) in [4.78, 5) is 12.9. The van der Waals surface area contributed by atoms with Crippen molar-refractivity contribution >= 4 is 27.3 Å². The number of anilines is 2. The summed E-state index contributed by atoms with van der Waals surface area (Å²) in [5.41, 5.74) is 2.13. The maximum Gasteiger partial charge on any atom is 0.264 e. The van der Waals surface area contributed by atoms with Gasteiger partial charge in [0.25, 0.3) is 15.9 Å². The zero-order chi connectivity index (χ0) is 23.6. The number of hydrogen-bond donors (Lipinski definition) is 1. The third-order valence-electron chi connectivity index (χ3n) is 5.43. The molecule has 0 radical (unpaired) electrons. The van der Waals surface area contributed by atoms with Gasteiger partial charge in [-0.25, -0.2) is 12.8 Å². The van der Waals surface area contributed by atoms with Crippen molar-refractivity contribution in [3.8, 4) is 11.5 Å². The average Bonchev–Trinajstić information content (AvgIpc) is 2.83. The maximum absolute atomic E-state index is 13.3. The fraction of sp³-hybridized carbons (Fsp3) is 0.208. The first kappa shape index (κ1) is 22.6. The van der Waals surface area contributed by atoms with Crippen LogP contribution in [0.5, 0.6) is 11.5 Å². The van der Waals surface area contributed by atoms with Gasteiger partial charge in [-0.2, -0.15) is 0 Å².